The van der Waals surface area contributed by atoms with Crippen molar-refractivity contribution in [3.05, 3.63) is 85.8 Å². The van der Waals surface area contributed by atoms with Gasteiger partial charge in [0.1, 0.15) is 5.02 Å². The molecule has 5 nitrogen and oxygen atoms in total. The van der Waals surface area contributed by atoms with Crippen LogP contribution in [0.15, 0.2) is 53.5 Å². The fraction of sp³-hybridized carbons (Fsp3) is 0.150. The molecule has 0 saturated carbocycles. The lowest BCUT2D eigenvalue weighted by molar-refractivity contribution is 0.799. The van der Waals surface area contributed by atoms with E-state index in [1.54, 1.807) is 24.3 Å². The second kappa shape index (κ2) is 7.83. The van der Waals surface area contributed by atoms with Gasteiger partial charge >= 0.3 is 0 Å². The minimum atomic E-state index is -0.445. The minimum Gasteiger partial charge on any atom is -0.376 e. The van der Waals surface area contributed by atoms with Crippen LogP contribution in [0, 0.1) is 18.3 Å². The van der Waals surface area contributed by atoms with Crippen molar-refractivity contribution in [1.82, 2.24) is 9.78 Å². The summed E-state index contributed by atoms with van der Waals surface area (Å²) < 4.78 is 1.21. The SMILES string of the molecule is Cc1ccc(-n2ncc(NC(C)c3cccc(C#N)c3)c(Cl)c2=O)cc1Cl. The van der Waals surface area contributed by atoms with Crippen LogP contribution in [0.3, 0.4) is 0 Å². The Balaban J connectivity index is 1.92. The summed E-state index contributed by atoms with van der Waals surface area (Å²) in [5.41, 5.74) is 2.90. The summed E-state index contributed by atoms with van der Waals surface area (Å²) in [5.74, 6) is 0. The van der Waals surface area contributed by atoms with Crippen molar-refractivity contribution >= 4 is 28.9 Å². The van der Waals surface area contributed by atoms with Gasteiger partial charge in [-0.1, -0.05) is 41.4 Å². The Bertz CT molecular complexity index is 1100. The highest BCUT2D eigenvalue weighted by molar-refractivity contribution is 6.33. The van der Waals surface area contributed by atoms with E-state index in [1.807, 2.05) is 32.0 Å². The number of nitriles is 1. The van der Waals surface area contributed by atoms with Crippen LogP contribution in [0.4, 0.5) is 5.69 Å². The van der Waals surface area contributed by atoms with Crippen LogP contribution in [-0.4, -0.2) is 9.78 Å². The number of benzene rings is 2. The molecule has 136 valence electrons. The minimum absolute atomic E-state index is 0.0324. The number of halogens is 2. The fourth-order valence-corrected chi connectivity index (χ4v) is 2.98. The van der Waals surface area contributed by atoms with Crippen LogP contribution < -0.4 is 10.9 Å². The highest BCUT2D eigenvalue weighted by Crippen LogP contribution is 2.24. The molecule has 0 aliphatic rings. The lowest BCUT2D eigenvalue weighted by atomic mass is 10.1. The van der Waals surface area contributed by atoms with Crippen molar-refractivity contribution in [2.45, 2.75) is 19.9 Å². The van der Waals surface area contributed by atoms with Gasteiger partial charge in [-0.25, -0.2) is 0 Å². The van der Waals surface area contributed by atoms with Crippen molar-refractivity contribution in [1.29, 1.82) is 5.26 Å². The standard InChI is InChI=1S/C20H16Cl2N4O/c1-12-6-7-16(9-17(12)21)26-20(27)19(22)18(11-24-26)25-13(2)15-5-3-4-14(8-15)10-23/h3-9,11,13,25H,1-2H3. The molecule has 0 aliphatic heterocycles. The zero-order valence-corrected chi connectivity index (χ0v) is 16.2. The van der Waals surface area contributed by atoms with Crippen molar-refractivity contribution in [2.75, 3.05) is 5.32 Å². The van der Waals surface area contributed by atoms with E-state index in [-0.39, 0.29) is 11.1 Å². The molecule has 1 aromatic heterocycles. The molecule has 3 aromatic rings. The van der Waals surface area contributed by atoms with Gasteiger partial charge in [0.2, 0.25) is 0 Å². The zero-order chi connectivity index (χ0) is 19.6. The number of aromatic nitrogens is 2. The summed E-state index contributed by atoms with van der Waals surface area (Å²) in [5, 5.41) is 17.0. The van der Waals surface area contributed by atoms with Crippen molar-refractivity contribution in [2.24, 2.45) is 0 Å². The van der Waals surface area contributed by atoms with Gasteiger partial charge in [0.25, 0.3) is 5.56 Å². The molecule has 7 heteroatoms. The van der Waals surface area contributed by atoms with Crippen LogP contribution in [0.2, 0.25) is 10.0 Å². The van der Waals surface area contributed by atoms with Gasteiger partial charge in [0.15, 0.2) is 0 Å². The third kappa shape index (κ3) is 3.97. The summed E-state index contributed by atoms with van der Waals surface area (Å²) >= 11 is 12.4. The largest absolute Gasteiger partial charge is 0.376 e. The molecule has 1 heterocycles. The van der Waals surface area contributed by atoms with E-state index in [4.69, 9.17) is 28.5 Å². The average Bonchev–Trinajstić information content (AvgIpc) is 2.68. The van der Waals surface area contributed by atoms with E-state index in [0.29, 0.717) is 22.0 Å². The quantitative estimate of drug-likeness (QED) is 0.678. The first-order valence-electron chi connectivity index (χ1n) is 8.21. The van der Waals surface area contributed by atoms with Crippen LogP contribution in [0.5, 0.6) is 0 Å². The van der Waals surface area contributed by atoms with Crippen LogP contribution in [0.25, 0.3) is 5.69 Å². The van der Waals surface area contributed by atoms with Gasteiger partial charge < -0.3 is 5.32 Å². The smallest absolute Gasteiger partial charge is 0.292 e. The molecule has 2 aromatic carbocycles. The van der Waals surface area contributed by atoms with Crippen molar-refractivity contribution < 1.29 is 0 Å². The van der Waals surface area contributed by atoms with Crippen LogP contribution in [0.1, 0.15) is 29.7 Å². The topological polar surface area (TPSA) is 70.7 Å². The maximum atomic E-state index is 12.6. The molecule has 1 unspecified atom stereocenters. The normalized spacial score (nSPS) is 11.7. The van der Waals surface area contributed by atoms with Crippen LogP contribution in [-0.2, 0) is 0 Å². The monoisotopic (exact) mass is 398 g/mol. The first-order valence-corrected chi connectivity index (χ1v) is 8.97. The average molecular weight is 399 g/mol. The molecule has 1 N–H and O–H groups in total. The van der Waals surface area contributed by atoms with E-state index in [1.165, 1.54) is 10.9 Å². The van der Waals surface area contributed by atoms with Gasteiger partial charge in [-0.3, -0.25) is 4.79 Å². The molecule has 1 atom stereocenters. The van der Waals surface area contributed by atoms with E-state index in [2.05, 4.69) is 16.5 Å². The number of anilines is 1. The summed E-state index contributed by atoms with van der Waals surface area (Å²) in [4.78, 5) is 12.6. The van der Waals surface area contributed by atoms with Gasteiger partial charge in [-0.2, -0.15) is 15.0 Å². The molecule has 0 bridgehead atoms. The molecule has 0 amide bonds. The molecule has 0 radical (unpaired) electrons. The highest BCUT2D eigenvalue weighted by Gasteiger charge is 2.14. The Morgan fingerprint density at radius 3 is 2.70 bits per heavy atom. The number of hydrogen-bond acceptors (Lipinski definition) is 4. The van der Waals surface area contributed by atoms with Crippen LogP contribution >= 0.6 is 23.2 Å². The van der Waals surface area contributed by atoms with Gasteiger partial charge in [-0.05, 0) is 49.2 Å². The van der Waals surface area contributed by atoms with Gasteiger partial charge in [0, 0.05) is 11.1 Å². The molecular weight excluding hydrogens is 383 g/mol. The predicted octanol–water partition coefficient (Wildman–Crippen LogP) is 4.89. The van der Waals surface area contributed by atoms with E-state index >= 15 is 0 Å². The molecule has 0 spiro atoms. The Labute approximate surface area is 166 Å². The second-order valence-electron chi connectivity index (χ2n) is 6.13. The molecule has 0 aliphatic carbocycles. The molecule has 0 saturated heterocycles. The maximum absolute atomic E-state index is 12.6. The third-order valence-corrected chi connectivity index (χ3v) is 4.98. The Kier molecular flexibility index (Phi) is 5.50. The van der Waals surface area contributed by atoms with Gasteiger partial charge in [0.05, 0.1) is 29.2 Å². The number of rotatable bonds is 4. The summed E-state index contributed by atoms with van der Waals surface area (Å²) in [6.45, 7) is 3.79. The fourth-order valence-electron chi connectivity index (χ4n) is 2.62. The van der Waals surface area contributed by atoms with E-state index in [0.717, 1.165) is 11.1 Å². The summed E-state index contributed by atoms with van der Waals surface area (Å²) in [7, 11) is 0. The van der Waals surface area contributed by atoms with E-state index in [9.17, 15) is 4.79 Å². The Morgan fingerprint density at radius 1 is 1.22 bits per heavy atom. The van der Waals surface area contributed by atoms with E-state index < -0.39 is 5.56 Å². The first-order chi connectivity index (χ1) is 12.9. The number of hydrogen-bond donors (Lipinski definition) is 1. The third-order valence-electron chi connectivity index (χ3n) is 4.21. The highest BCUT2D eigenvalue weighted by atomic mass is 35.5. The first kappa shape index (κ1) is 19.0. The Hall–Kier alpha value is -2.81. The molecule has 27 heavy (non-hydrogen) atoms. The molecule has 0 fully saturated rings. The second-order valence-corrected chi connectivity index (χ2v) is 6.91. The van der Waals surface area contributed by atoms with Crippen molar-refractivity contribution in [3.8, 4) is 11.8 Å². The van der Waals surface area contributed by atoms with Crippen molar-refractivity contribution in [3.63, 3.8) is 0 Å². The zero-order valence-electron chi connectivity index (χ0n) is 14.7. The maximum Gasteiger partial charge on any atom is 0.292 e. The molecular formula is C20H16Cl2N4O. The number of nitrogens with zero attached hydrogens (tertiary/aromatic N) is 3. The summed E-state index contributed by atoms with van der Waals surface area (Å²) in [6, 6.07) is 14.4. The lowest BCUT2D eigenvalue weighted by Gasteiger charge is -2.17. The summed E-state index contributed by atoms with van der Waals surface area (Å²) in [6.07, 6.45) is 1.50. The van der Waals surface area contributed by atoms with Gasteiger partial charge in [-0.15, -0.1) is 0 Å². The number of nitrogens with one attached hydrogen (secondary N) is 1. The Morgan fingerprint density at radius 2 is 2.00 bits per heavy atom. The number of aryl methyl sites for hydroxylation is 1. The molecule has 3 rings (SSSR count). The lowest BCUT2D eigenvalue weighted by Crippen LogP contribution is -2.23. The predicted molar refractivity (Wildman–Crippen MR) is 108 cm³/mol.